The maximum absolute atomic E-state index is 12.6. The number of hydrogen-bond acceptors (Lipinski definition) is 2. The van der Waals surface area contributed by atoms with E-state index in [1.807, 2.05) is 0 Å². The molecule has 0 N–H and O–H groups in total. The molecule has 1 aromatic heterocycles. The molecule has 0 radical (unpaired) electrons. The largest absolute Gasteiger partial charge is 0.389 e. The second-order valence-corrected chi connectivity index (χ2v) is 4.04. The summed E-state index contributed by atoms with van der Waals surface area (Å²) in [7, 11) is 0. The van der Waals surface area contributed by atoms with Crippen LogP contribution in [-0.4, -0.2) is 16.7 Å². The molecule has 1 rings (SSSR count). The monoisotopic (exact) mass is 271 g/mol. The Balaban J connectivity index is 2.86. The first-order valence-corrected chi connectivity index (χ1v) is 5.27. The smallest absolute Gasteiger partial charge is 0.294 e. The van der Waals surface area contributed by atoms with E-state index in [1.54, 1.807) is 6.07 Å². The van der Waals surface area contributed by atoms with E-state index >= 15 is 0 Å². The maximum Gasteiger partial charge on any atom is 0.389 e. The van der Waals surface area contributed by atoms with Crippen LogP contribution in [-0.2, 0) is 6.42 Å². The van der Waals surface area contributed by atoms with Gasteiger partial charge in [0.2, 0.25) is 5.95 Å². The molecule has 0 aliphatic carbocycles. The van der Waals surface area contributed by atoms with Gasteiger partial charge < -0.3 is 0 Å². The average Bonchev–Trinajstić information content (AvgIpc) is 2.36. The van der Waals surface area contributed by atoms with E-state index in [2.05, 4.69) is 9.83 Å². The van der Waals surface area contributed by atoms with Crippen molar-refractivity contribution in [3.05, 3.63) is 41.3 Å². The predicted molar refractivity (Wildman–Crippen MR) is 58.1 cm³/mol. The molecule has 3 nitrogen and oxygen atoms in total. The summed E-state index contributed by atoms with van der Waals surface area (Å²) in [5, 5.41) is 8.96. The summed E-state index contributed by atoms with van der Waals surface area (Å²) >= 11 is 0. The minimum atomic E-state index is -4.42. The molecular formula is C12H9F4N3. The Morgan fingerprint density at radius 1 is 1.32 bits per heavy atom. The number of alkyl halides is 3. The van der Waals surface area contributed by atoms with Gasteiger partial charge in [0.1, 0.15) is 0 Å². The number of hydrogen-bond donors (Lipinski definition) is 0. The van der Waals surface area contributed by atoms with E-state index in [0.29, 0.717) is 5.56 Å². The van der Waals surface area contributed by atoms with Gasteiger partial charge in [0, 0.05) is 12.6 Å². The van der Waals surface area contributed by atoms with Crippen molar-refractivity contribution in [2.24, 2.45) is 0 Å². The van der Waals surface area contributed by atoms with Crippen molar-refractivity contribution in [1.82, 2.24) is 4.98 Å². The van der Waals surface area contributed by atoms with Crippen molar-refractivity contribution in [2.45, 2.75) is 31.0 Å². The molecule has 0 aliphatic heterocycles. The molecule has 1 heterocycles. The molecule has 0 aromatic carbocycles. The van der Waals surface area contributed by atoms with Crippen LogP contribution in [0.3, 0.4) is 0 Å². The number of pyridine rings is 1. The van der Waals surface area contributed by atoms with E-state index in [0.717, 1.165) is 12.3 Å². The van der Waals surface area contributed by atoms with Crippen molar-refractivity contribution >= 4 is 0 Å². The lowest BCUT2D eigenvalue weighted by molar-refractivity contribution is -0.136. The van der Waals surface area contributed by atoms with E-state index < -0.39 is 30.5 Å². The van der Waals surface area contributed by atoms with E-state index in [4.69, 9.17) is 11.8 Å². The summed E-state index contributed by atoms with van der Waals surface area (Å²) in [5.41, 5.74) is -1.45. The zero-order chi connectivity index (χ0) is 14.5. The van der Waals surface area contributed by atoms with Crippen LogP contribution in [0.2, 0.25) is 0 Å². The highest BCUT2D eigenvalue weighted by molar-refractivity contribution is 5.24. The van der Waals surface area contributed by atoms with Crippen molar-refractivity contribution in [1.29, 1.82) is 5.26 Å². The lowest BCUT2D eigenvalue weighted by Crippen LogP contribution is -2.28. The molecule has 100 valence electrons. The Kier molecular flexibility index (Phi) is 4.44. The van der Waals surface area contributed by atoms with E-state index in [-0.39, 0.29) is 6.42 Å². The van der Waals surface area contributed by atoms with Gasteiger partial charge in [-0.05, 0) is 11.6 Å². The Hall–Kier alpha value is -2.15. The molecule has 0 saturated heterocycles. The van der Waals surface area contributed by atoms with Crippen LogP contribution in [0.1, 0.15) is 18.4 Å². The van der Waals surface area contributed by atoms with Crippen LogP contribution in [0.4, 0.5) is 17.6 Å². The summed E-state index contributed by atoms with van der Waals surface area (Å²) in [4.78, 5) is 6.37. The molecule has 0 fully saturated rings. The van der Waals surface area contributed by atoms with Crippen LogP contribution in [0.25, 0.3) is 4.85 Å². The summed E-state index contributed by atoms with van der Waals surface area (Å²) in [5.74, 6) is -0.732. The van der Waals surface area contributed by atoms with Gasteiger partial charge >= 0.3 is 11.7 Å². The van der Waals surface area contributed by atoms with Gasteiger partial charge in [-0.15, -0.1) is 0 Å². The van der Waals surface area contributed by atoms with Crippen LogP contribution in [0.5, 0.6) is 0 Å². The summed E-state index contributed by atoms with van der Waals surface area (Å²) < 4.78 is 49.1. The first-order valence-electron chi connectivity index (χ1n) is 5.27. The summed E-state index contributed by atoms with van der Waals surface area (Å²) in [6, 6.07) is 3.96. The van der Waals surface area contributed by atoms with Gasteiger partial charge in [-0.25, -0.2) is 11.6 Å². The topological polar surface area (TPSA) is 41.0 Å². The average molecular weight is 271 g/mol. The van der Waals surface area contributed by atoms with Crippen molar-refractivity contribution in [3.63, 3.8) is 0 Å². The predicted octanol–water partition coefficient (Wildman–Crippen LogP) is 3.29. The summed E-state index contributed by atoms with van der Waals surface area (Å²) in [6.45, 7) is 6.95. The Morgan fingerprint density at radius 2 is 2.00 bits per heavy atom. The van der Waals surface area contributed by atoms with Crippen molar-refractivity contribution in [3.8, 4) is 6.07 Å². The molecule has 7 heteroatoms. The third kappa shape index (κ3) is 4.55. The van der Waals surface area contributed by atoms with Crippen LogP contribution >= 0.6 is 0 Å². The number of nitrogens with zero attached hydrogens (tertiary/aromatic N) is 3. The summed E-state index contributed by atoms with van der Waals surface area (Å²) in [6.07, 6.45) is -5.35. The molecule has 0 aliphatic rings. The number of rotatable bonds is 4. The third-order valence-electron chi connectivity index (χ3n) is 2.53. The standard InChI is InChI=1S/C12H9F4N3/c1-18-11(8-17,4-5-12(14,15)16)6-9-2-3-10(13)19-7-9/h2-3,7H,4-6H2. The van der Waals surface area contributed by atoms with Gasteiger partial charge in [-0.1, -0.05) is 6.07 Å². The first-order chi connectivity index (χ1) is 8.80. The molecule has 0 amide bonds. The second-order valence-electron chi connectivity index (χ2n) is 4.04. The lowest BCUT2D eigenvalue weighted by Gasteiger charge is -2.15. The highest BCUT2D eigenvalue weighted by Crippen LogP contribution is 2.30. The highest BCUT2D eigenvalue weighted by atomic mass is 19.4. The minimum Gasteiger partial charge on any atom is -0.294 e. The molecule has 1 unspecified atom stereocenters. The lowest BCUT2D eigenvalue weighted by atomic mass is 9.89. The van der Waals surface area contributed by atoms with E-state index in [9.17, 15) is 17.6 Å². The molecule has 0 bridgehead atoms. The fourth-order valence-electron chi connectivity index (χ4n) is 1.50. The van der Waals surface area contributed by atoms with Crippen molar-refractivity contribution < 1.29 is 17.6 Å². The molecular weight excluding hydrogens is 262 g/mol. The van der Waals surface area contributed by atoms with Gasteiger partial charge in [0.05, 0.1) is 12.8 Å². The Labute approximate surface area is 107 Å². The SMILES string of the molecule is [C-]#[N+]C(C#N)(CCC(F)(F)F)Cc1ccc(F)nc1. The van der Waals surface area contributed by atoms with Gasteiger partial charge in [-0.3, -0.25) is 4.85 Å². The fraction of sp³-hybridized carbons (Fsp3) is 0.417. The van der Waals surface area contributed by atoms with E-state index in [1.165, 1.54) is 6.07 Å². The maximum atomic E-state index is 12.6. The normalized spacial score (nSPS) is 14.2. The van der Waals surface area contributed by atoms with Gasteiger partial charge in [-0.2, -0.15) is 22.8 Å². The first kappa shape index (κ1) is 14.9. The molecule has 0 spiro atoms. The highest BCUT2D eigenvalue weighted by Gasteiger charge is 2.41. The van der Waals surface area contributed by atoms with Gasteiger partial charge in [0.15, 0.2) is 6.07 Å². The minimum absolute atomic E-state index is 0.212. The van der Waals surface area contributed by atoms with Crippen molar-refractivity contribution in [2.75, 3.05) is 0 Å². The second kappa shape index (κ2) is 5.66. The fourth-order valence-corrected chi connectivity index (χ4v) is 1.50. The third-order valence-corrected chi connectivity index (χ3v) is 2.53. The number of halogens is 4. The zero-order valence-electron chi connectivity index (χ0n) is 9.71. The number of aromatic nitrogens is 1. The Bertz CT molecular complexity index is 494. The zero-order valence-corrected chi connectivity index (χ0v) is 9.71. The van der Waals surface area contributed by atoms with Crippen LogP contribution in [0.15, 0.2) is 18.3 Å². The molecule has 0 saturated carbocycles. The van der Waals surface area contributed by atoms with Gasteiger partial charge in [0.25, 0.3) is 0 Å². The molecule has 1 aromatic rings. The number of nitriles is 1. The van der Waals surface area contributed by atoms with Crippen LogP contribution in [0, 0.1) is 23.9 Å². The quantitative estimate of drug-likeness (QED) is 0.479. The molecule has 1 atom stereocenters. The Morgan fingerprint density at radius 3 is 2.42 bits per heavy atom. The van der Waals surface area contributed by atoms with Crippen LogP contribution < -0.4 is 0 Å². The molecule has 19 heavy (non-hydrogen) atoms.